The number of hydrogen-bond acceptors (Lipinski definition) is 5. The summed E-state index contributed by atoms with van der Waals surface area (Å²) < 4.78 is 0. The number of nitrogens with one attached hydrogen (secondary N) is 1. The van der Waals surface area contributed by atoms with Crippen molar-refractivity contribution in [3.8, 4) is 0 Å². The van der Waals surface area contributed by atoms with Gasteiger partial charge in [-0.2, -0.15) is 0 Å². The highest BCUT2D eigenvalue weighted by atomic mass is 32.1. The van der Waals surface area contributed by atoms with Gasteiger partial charge >= 0.3 is 0 Å². The van der Waals surface area contributed by atoms with Crippen molar-refractivity contribution in [2.45, 2.75) is 96.6 Å². The second kappa shape index (κ2) is 11.6. The highest BCUT2D eigenvalue weighted by Crippen LogP contribution is 2.35. The van der Waals surface area contributed by atoms with Crippen LogP contribution in [-0.4, -0.2) is 34.6 Å². The van der Waals surface area contributed by atoms with Crippen molar-refractivity contribution in [3.63, 3.8) is 0 Å². The molecule has 32 heavy (non-hydrogen) atoms. The first kappa shape index (κ1) is 24.4. The number of carbonyl (C=O) groups excluding carboxylic acids is 4. The van der Waals surface area contributed by atoms with E-state index < -0.39 is 11.9 Å². The zero-order valence-electron chi connectivity index (χ0n) is 19.0. The van der Waals surface area contributed by atoms with Gasteiger partial charge in [0.25, 0.3) is 5.91 Å². The lowest BCUT2D eigenvalue weighted by atomic mass is 9.94. The van der Waals surface area contributed by atoms with Crippen LogP contribution in [0.4, 0.5) is 0 Å². The Bertz CT molecular complexity index is 850. The summed E-state index contributed by atoms with van der Waals surface area (Å²) in [6.45, 7) is 2.57. The van der Waals surface area contributed by atoms with Gasteiger partial charge in [-0.25, -0.2) is 0 Å². The Morgan fingerprint density at radius 3 is 2.50 bits per heavy atom. The van der Waals surface area contributed by atoms with Gasteiger partial charge in [0.2, 0.25) is 17.7 Å². The Morgan fingerprint density at radius 2 is 1.84 bits per heavy atom. The van der Waals surface area contributed by atoms with Crippen molar-refractivity contribution in [1.82, 2.24) is 10.2 Å². The maximum atomic E-state index is 12.9. The third kappa shape index (κ3) is 5.97. The average Bonchev–Trinajstić information content (AvgIpc) is 3.29. The summed E-state index contributed by atoms with van der Waals surface area (Å²) >= 11 is 1.50. The van der Waals surface area contributed by atoms with E-state index in [0.29, 0.717) is 24.9 Å². The molecular weight excluding hydrogens is 426 g/mol. The van der Waals surface area contributed by atoms with Crippen molar-refractivity contribution in [2.75, 3.05) is 0 Å². The number of rotatable bonds is 13. The number of hydrogen-bond donors (Lipinski definition) is 2. The molecule has 1 saturated heterocycles. The summed E-state index contributed by atoms with van der Waals surface area (Å²) in [6, 6.07) is -0.616. The number of thiophene rings is 1. The van der Waals surface area contributed by atoms with E-state index in [1.807, 2.05) is 5.38 Å². The van der Waals surface area contributed by atoms with Crippen LogP contribution in [0.3, 0.4) is 0 Å². The van der Waals surface area contributed by atoms with Gasteiger partial charge in [-0.1, -0.05) is 58.3 Å². The summed E-state index contributed by atoms with van der Waals surface area (Å²) in [5.74, 6) is -1.40. The van der Waals surface area contributed by atoms with Gasteiger partial charge < -0.3 is 10.6 Å². The van der Waals surface area contributed by atoms with Crippen LogP contribution in [0.25, 0.3) is 0 Å². The normalized spacial score (nSPS) is 19.2. The van der Waals surface area contributed by atoms with Crippen LogP contribution in [0.1, 0.15) is 98.4 Å². The Hall–Kier alpha value is -2.22. The van der Waals surface area contributed by atoms with Gasteiger partial charge in [0.1, 0.15) is 6.04 Å². The molecule has 0 aliphatic carbocycles. The molecule has 0 bridgehead atoms. The highest BCUT2D eigenvalue weighted by Gasteiger charge is 2.40. The van der Waals surface area contributed by atoms with Crippen LogP contribution in [0.2, 0.25) is 0 Å². The van der Waals surface area contributed by atoms with Crippen LogP contribution in [-0.2, 0) is 27.3 Å². The number of amides is 4. The van der Waals surface area contributed by atoms with Gasteiger partial charge in [0, 0.05) is 29.1 Å². The molecule has 7 nitrogen and oxygen atoms in total. The van der Waals surface area contributed by atoms with Crippen molar-refractivity contribution in [2.24, 2.45) is 11.7 Å². The molecule has 1 aromatic heterocycles. The third-order valence-corrected chi connectivity index (χ3v) is 7.68. The number of imide groups is 1. The number of primary amides is 1. The first-order valence-electron chi connectivity index (χ1n) is 12.0. The number of piperidine rings is 1. The maximum Gasteiger partial charge on any atom is 0.256 e. The van der Waals surface area contributed by atoms with E-state index in [2.05, 4.69) is 12.2 Å². The van der Waals surface area contributed by atoms with Gasteiger partial charge in [0.15, 0.2) is 0 Å². The summed E-state index contributed by atoms with van der Waals surface area (Å²) in [5, 5.41) is 4.15. The molecule has 2 aliphatic heterocycles. The van der Waals surface area contributed by atoms with Crippen LogP contribution in [0.15, 0.2) is 5.38 Å². The highest BCUT2D eigenvalue weighted by molar-refractivity contribution is 7.10. The third-order valence-electron chi connectivity index (χ3n) is 6.63. The van der Waals surface area contributed by atoms with E-state index in [1.165, 1.54) is 49.9 Å². The number of nitrogens with zero attached hydrogens (tertiary/aromatic N) is 1. The van der Waals surface area contributed by atoms with Gasteiger partial charge in [-0.05, 0) is 24.8 Å². The quantitative estimate of drug-likeness (QED) is 0.345. The molecule has 3 N–H and O–H groups in total. The first-order valence-corrected chi connectivity index (χ1v) is 12.8. The summed E-state index contributed by atoms with van der Waals surface area (Å²) in [4.78, 5) is 51.2. The smallest absolute Gasteiger partial charge is 0.256 e. The van der Waals surface area contributed by atoms with Crippen LogP contribution < -0.4 is 11.1 Å². The molecule has 2 unspecified atom stereocenters. The fourth-order valence-corrected chi connectivity index (χ4v) is 5.79. The van der Waals surface area contributed by atoms with Gasteiger partial charge in [-0.15, -0.1) is 11.3 Å². The molecule has 0 saturated carbocycles. The minimum atomic E-state index is -0.616. The Labute approximate surface area is 194 Å². The van der Waals surface area contributed by atoms with Crippen molar-refractivity contribution in [1.29, 1.82) is 0 Å². The fourth-order valence-electron chi connectivity index (χ4n) is 4.67. The lowest BCUT2D eigenvalue weighted by molar-refractivity contribution is -0.137. The Kier molecular flexibility index (Phi) is 8.84. The molecule has 1 fully saturated rings. The molecule has 3 heterocycles. The van der Waals surface area contributed by atoms with Crippen molar-refractivity contribution < 1.29 is 19.2 Å². The predicted molar refractivity (Wildman–Crippen MR) is 124 cm³/mol. The first-order chi connectivity index (χ1) is 15.4. The van der Waals surface area contributed by atoms with Crippen LogP contribution in [0.5, 0.6) is 0 Å². The van der Waals surface area contributed by atoms with Crippen molar-refractivity contribution in [3.05, 3.63) is 21.4 Å². The zero-order chi connectivity index (χ0) is 23.1. The zero-order valence-corrected chi connectivity index (χ0v) is 19.8. The molecule has 0 spiro atoms. The molecule has 8 heteroatoms. The standard InChI is InChI=1S/C24H35N3O4S/c1-2-3-4-5-6-7-8-9-10-16(22(25)29)13-20-17-14-27(24(31)18(17)15-32-20)19-11-12-21(28)26-23(19)30/h15-16,19H,2-14H2,1H3,(H2,25,29)(H,26,28,30). The SMILES string of the molecule is CCCCCCCCCCC(Cc1scc2c1CN(C1CCC(=O)NC1=O)C2=O)C(N)=O. The topological polar surface area (TPSA) is 110 Å². The largest absolute Gasteiger partial charge is 0.369 e. The summed E-state index contributed by atoms with van der Waals surface area (Å²) in [7, 11) is 0. The van der Waals surface area contributed by atoms with Crippen LogP contribution in [0, 0.1) is 5.92 Å². The van der Waals surface area contributed by atoms with Gasteiger partial charge in [0.05, 0.1) is 5.56 Å². The average molecular weight is 462 g/mol. The molecule has 0 aromatic carbocycles. The number of nitrogens with two attached hydrogens (primary N) is 1. The number of carbonyl (C=O) groups is 4. The van der Waals surface area contributed by atoms with E-state index >= 15 is 0 Å². The maximum absolute atomic E-state index is 12.9. The summed E-state index contributed by atoms with van der Waals surface area (Å²) in [6.07, 6.45) is 11.6. The minimum absolute atomic E-state index is 0.171. The molecule has 4 amide bonds. The molecule has 176 valence electrons. The summed E-state index contributed by atoms with van der Waals surface area (Å²) in [5.41, 5.74) is 7.23. The number of unbranched alkanes of at least 4 members (excludes halogenated alkanes) is 7. The molecule has 3 rings (SSSR count). The Balaban J connectivity index is 1.53. The second-order valence-corrected chi connectivity index (χ2v) is 9.98. The number of fused-ring (bicyclic) bond motifs is 1. The monoisotopic (exact) mass is 461 g/mol. The van der Waals surface area contributed by atoms with Crippen LogP contribution >= 0.6 is 11.3 Å². The van der Waals surface area contributed by atoms with E-state index in [1.54, 1.807) is 4.90 Å². The molecular formula is C24H35N3O4S. The molecule has 2 atom stereocenters. The van der Waals surface area contributed by atoms with Crippen molar-refractivity contribution >= 4 is 35.0 Å². The lowest BCUT2D eigenvalue weighted by Gasteiger charge is -2.29. The molecule has 2 aliphatic rings. The fraction of sp³-hybridized carbons (Fsp3) is 0.667. The minimum Gasteiger partial charge on any atom is -0.369 e. The van der Waals surface area contributed by atoms with E-state index in [4.69, 9.17) is 5.73 Å². The molecule has 0 radical (unpaired) electrons. The van der Waals surface area contributed by atoms with E-state index in [0.717, 1.165) is 29.7 Å². The van der Waals surface area contributed by atoms with E-state index in [-0.39, 0.29) is 30.1 Å². The predicted octanol–water partition coefficient (Wildman–Crippen LogP) is 3.68. The lowest BCUT2D eigenvalue weighted by Crippen LogP contribution is -2.52. The Morgan fingerprint density at radius 1 is 1.16 bits per heavy atom. The second-order valence-electron chi connectivity index (χ2n) is 9.02. The molecule has 1 aromatic rings. The van der Waals surface area contributed by atoms with Gasteiger partial charge in [-0.3, -0.25) is 24.5 Å². The van der Waals surface area contributed by atoms with E-state index in [9.17, 15) is 19.2 Å².